The summed E-state index contributed by atoms with van der Waals surface area (Å²) < 4.78 is 14.1. The van der Waals surface area contributed by atoms with Gasteiger partial charge in [0.05, 0.1) is 14.2 Å². The Bertz CT molecular complexity index is 439. The van der Waals surface area contributed by atoms with E-state index >= 15 is 0 Å². The standard InChI is InChI=1S/C14H23NO7/c1-8(16)9(11(17)20-5)7-10(12(18)21-6)15-13(19)22-14(2,3)4/h9-10H,7H2,1-6H3,(H,15,19)/t9?,10-/m0/s1. The minimum Gasteiger partial charge on any atom is -0.468 e. The van der Waals surface area contributed by atoms with Crippen LogP contribution in [0.25, 0.3) is 0 Å². The molecule has 0 aromatic carbocycles. The first-order valence-electron chi connectivity index (χ1n) is 6.67. The van der Waals surface area contributed by atoms with Crippen molar-refractivity contribution in [1.29, 1.82) is 0 Å². The van der Waals surface area contributed by atoms with Crippen molar-refractivity contribution < 1.29 is 33.4 Å². The molecule has 0 bridgehead atoms. The van der Waals surface area contributed by atoms with E-state index in [2.05, 4.69) is 14.8 Å². The van der Waals surface area contributed by atoms with Crippen LogP contribution < -0.4 is 5.32 Å². The number of esters is 2. The summed E-state index contributed by atoms with van der Waals surface area (Å²) in [5, 5.41) is 2.29. The number of ketones is 1. The van der Waals surface area contributed by atoms with Gasteiger partial charge in [0.25, 0.3) is 0 Å². The fourth-order valence-electron chi connectivity index (χ4n) is 1.61. The molecule has 8 nitrogen and oxygen atoms in total. The van der Waals surface area contributed by atoms with Gasteiger partial charge in [-0.05, 0) is 34.1 Å². The van der Waals surface area contributed by atoms with Crippen molar-refractivity contribution in [3.05, 3.63) is 0 Å². The van der Waals surface area contributed by atoms with E-state index < -0.39 is 41.4 Å². The van der Waals surface area contributed by atoms with Crippen LogP contribution in [0.1, 0.15) is 34.1 Å². The lowest BCUT2D eigenvalue weighted by molar-refractivity contribution is -0.150. The molecule has 1 N–H and O–H groups in total. The number of hydrogen-bond acceptors (Lipinski definition) is 7. The van der Waals surface area contributed by atoms with Crippen LogP contribution in [-0.2, 0) is 28.6 Å². The van der Waals surface area contributed by atoms with E-state index in [1.165, 1.54) is 6.92 Å². The fourth-order valence-corrected chi connectivity index (χ4v) is 1.61. The van der Waals surface area contributed by atoms with Crippen molar-refractivity contribution in [3.63, 3.8) is 0 Å². The minimum absolute atomic E-state index is 0.270. The second-order valence-corrected chi connectivity index (χ2v) is 5.64. The van der Waals surface area contributed by atoms with Crippen LogP contribution in [0, 0.1) is 5.92 Å². The molecular formula is C14H23NO7. The molecule has 1 amide bonds. The molecule has 2 atom stereocenters. The highest BCUT2D eigenvalue weighted by atomic mass is 16.6. The molecule has 0 saturated heterocycles. The number of amides is 1. The Morgan fingerprint density at radius 2 is 1.50 bits per heavy atom. The number of hydrogen-bond donors (Lipinski definition) is 1. The second kappa shape index (κ2) is 8.35. The Morgan fingerprint density at radius 3 is 1.86 bits per heavy atom. The highest BCUT2D eigenvalue weighted by molar-refractivity contribution is 5.98. The first kappa shape index (κ1) is 19.9. The van der Waals surface area contributed by atoms with Gasteiger partial charge in [-0.25, -0.2) is 9.59 Å². The maximum atomic E-state index is 11.7. The van der Waals surface area contributed by atoms with E-state index in [9.17, 15) is 19.2 Å². The number of alkyl carbamates (subject to hydrolysis) is 1. The summed E-state index contributed by atoms with van der Waals surface area (Å²) in [5.74, 6) is -3.23. The maximum Gasteiger partial charge on any atom is 0.408 e. The first-order chi connectivity index (χ1) is 10.0. The van der Waals surface area contributed by atoms with Crippen molar-refractivity contribution in [2.45, 2.75) is 45.8 Å². The zero-order valence-electron chi connectivity index (χ0n) is 13.7. The van der Waals surface area contributed by atoms with Gasteiger partial charge >= 0.3 is 18.0 Å². The Labute approximate surface area is 129 Å². The predicted molar refractivity (Wildman–Crippen MR) is 76.0 cm³/mol. The van der Waals surface area contributed by atoms with E-state index in [1.807, 2.05) is 0 Å². The Kier molecular flexibility index (Phi) is 7.55. The molecule has 0 rings (SSSR count). The lowest BCUT2D eigenvalue weighted by Gasteiger charge is -2.23. The van der Waals surface area contributed by atoms with Crippen LogP contribution in [-0.4, -0.2) is 49.7 Å². The smallest absolute Gasteiger partial charge is 0.408 e. The maximum absolute atomic E-state index is 11.7. The molecule has 22 heavy (non-hydrogen) atoms. The van der Waals surface area contributed by atoms with Crippen molar-refractivity contribution in [2.75, 3.05) is 14.2 Å². The molecular weight excluding hydrogens is 294 g/mol. The molecule has 8 heteroatoms. The summed E-state index contributed by atoms with van der Waals surface area (Å²) in [6, 6.07) is -1.20. The van der Waals surface area contributed by atoms with Gasteiger partial charge in [0.2, 0.25) is 0 Å². The molecule has 0 heterocycles. The van der Waals surface area contributed by atoms with E-state index in [0.717, 1.165) is 14.2 Å². The number of nitrogens with one attached hydrogen (secondary N) is 1. The minimum atomic E-state index is -1.20. The van der Waals surface area contributed by atoms with Crippen LogP contribution in [0.3, 0.4) is 0 Å². The predicted octanol–water partition coefficient (Wildman–Crippen LogP) is 0.821. The van der Waals surface area contributed by atoms with Gasteiger partial charge in [-0.3, -0.25) is 9.59 Å². The van der Waals surface area contributed by atoms with E-state index in [1.54, 1.807) is 20.8 Å². The second-order valence-electron chi connectivity index (χ2n) is 5.64. The number of ether oxygens (including phenoxy) is 3. The average Bonchev–Trinajstić information content (AvgIpc) is 2.39. The van der Waals surface area contributed by atoms with Gasteiger partial charge in [0.15, 0.2) is 0 Å². The molecule has 0 aliphatic heterocycles. The molecule has 0 saturated carbocycles. The summed E-state index contributed by atoms with van der Waals surface area (Å²) in [6.45, 7) is 6.18. The highest BCUT2D eigenvalue weighted by Crippen LogP contribution is 2.13. The Morgan fingerprint density at radius 1 is 1.00 bits per heavy atom. The molecule has 0 aromatic rings. The molecule has 0 aliphatic carbocycles. The summed E-state index contributed by atoms with van der Waals surface area (Å²) in [5.41, 5.74) is -0.757. The highest BCUT2D eigenvalue weighted by Gasteiger charge is 2.33. The SMILES string of the molecule is COC(=O)C(C[C@H](NC(=O)OC(C)(C)C)C(=O)OC)C(C)=O. The largest absolute Gasteiger partial charge is 0.468 e. The third kappa shape index (κ3) is 7.05. The van der Waals surface area contributed by atoms with Gasteiger partial charge in [-0.1, -0.05) is 0 Å². The summed E-state index contributed by atoms with van der Waals surface area (Å²) in [6.07, 6.45) is -1.12. The number of carbonyl (C=O) groups excluding carboxylic acids is 4. The van der Waals surface area contributed by atoms with Gasteiger partial charge in [0.1, 0.15) is 23.3 Å². The van der Waals surface area contributed by atoms with E-state index in [4.69, 9.17) is 4.74 Å². The lowest BCUT2D eigenvalue weighted by Crippen LogP contribution is -2.46. The Balaban J connectivity index is 5.06. The third-order valence-electron chi connectivity index (χ3n) is 2.62. The number of Topliss-reactive ketones (excluding diaryl/α,β-unsaturated/α-hetero) is 1. The van der Waals surface area contributed by atoms with Gasteiger partial charge in [-0.2, -0.15) is 0 Å². The monoisotopic (exact) mass is 317 g/mol. The summed E-state index contributed by atoms with van der Waals surface area (Å²) in [4.78, 5) is 46.5. The van der Waals surface area contributed by atoms with Crippen molar-refractivity contribution in [3.8, 4) is 0 Å². The first-order valence-corrected chi connectivity index (χ1v) is 6.67. The molecule has 1 unspecified atom stereocenters. The Hall–Kier alpha value is -2.12. The third-order valence-corrected chi connectivity index (χ3v) is 2.62. The number of methoxy groups -OCH3 is 2. The summed E-state index contributed by atoms with van der Waals surface area (Å²) >= 11 is 0. The van der Waals surface area contributed by atoms with Gasteiger partial charge in [-0.15, -0.1) is 0 Å². The van der Waals surface area contributed by atoms with Gasteiger partial charge in [0, 0.05) is 0 Å². The zero-order valence-corrected chi connectivity index (χ0v) is 13.7. The quantitative estimate of drug-likeness (QED) is 0.439. The van der Waals surface area contributed by atoms with E-state index in [-0.39, 0.29) is 6.42 Å². The average molecular weight is 317 g/mol. The molecule has 0 spiro atoms. The van der Waals surface area contributed by atoms with Crippen LogP contribution in [0.15, 0.2) is 0 Å². The molecule has 0 fully saturated rings. The molecule has 0 aliphatic rings. The molecule has 0 aromatic heterocycles. The normalized spacial score (nSPS) is 13.5. The molecule has 126 valence electrons. The van der Waals surface area contributed by atoms with Crippen molar-refractivity contribution >= 4 is 23.8 Å². The van der Waals surface area contributed by atoms with Crippen molar-refractivity contribution in [1.82, 2.24) is 5.32 Å². The summed E-state index contributed by atoms with van der Waals surface area (Å²) in [7, 11) is 2.26. The van der Waals surface area contributed by atoms with Crippen LogP contribution in [0.5, 0.6) is 0 Å². The number of rotatable bonds is 6. The number of carbonyl (C=O) groups is 4. The van der Waals surface area contributed by atoms with Crippen LogP contribution in [0.2, 0.25) is 0 Å². The van der Waals surface area contributed by atoms with Crippen LogP contribution >= 0.6 is 0 Å². The fraction of sp³-hybridized carbons (Fsp3) is 0.714. The van der Waals surface area contributed by atoms with E-state index in [0.29, 0.717) is 0 Å². The molecule has 0 radical (unpaired) electrons. The topological polar surface area (TPSA) is 108 Å². The van der Waals surface area contributed by atoms with Crippen LogP contribution in [0.4, 0.5) is 4.79 Å². The zero-order chi connectivity index (χ0) is 17.5. The van der Waals surface area contributed by atoms with Crippen molar-refractivity contribution in [2.24, 2.45) is 5.92 Å². The lowest BCUT2D eigenvalue weighted by atomic mass is 9.96. The van der Waals surface area contributed by atoms with Gasteiger partial charge < -0.3 is 19.5 Å².